The monoisotopic (exact) mass is 174 g/mol. The molecule has 2 radical (unpaired) electrons. The maximum atomic E-state index is 13.3. The lowest BCUT2D eigenvalue weighted by Gasteiger charge is -2.13. The van der Waals surface area contributed by atoms with Gasteiger partial charge in [-0.05, 0) is 0 Å². The molecule has 0 aromatic heterocycles. The van der Waals surface area contributed by atoms with Crippen molar-refractivity contribution in [3.8, 4) is 0 Å². The highest BCUT2D eigenvalue weighted by Crippen LogP contribution is 2.24. The maximum absolute atomic E-state index is 13.3. The summed E-state index contributed by atoms with van der Waals surface area (Å²) in [5, 5.41) is 0. The Hall–Kier alpha value is -0.125. The second-order valence-corrected chi connectivity index (χ2v) is 2.74. The van der Waals surface area contributed by atoms with Crippen LogP contribution >= 0.6 is 0 Å². The van der Waals surface area contributed by atoms with E-state index in [1.165, 1.54) is 14.2 Å². The fourth-order valence-electron chi connectivity index (χ4n) is 1.31. The number of alkyl halides is 1. The van der Waals surface area contributed by atoms with Gasteiger partial charge < -0.3 is 14.2 Å². The minimum atomic E-state index is -1.20. The Morgan fingerprint density at radius 3 is 2.58 bits per heavy atom. The largest absolute Gasteiger partial charge is 0.382 e. The summed E-state index contributed by atoms with van der Waals surface area (Å²) in [6.07, 6.45) is -2.48. The van der Waals surface area contributed by atoms with Crippen LogP contribution in [0.25, 0.3) is 0 Å². The molecule has 0 N–H and O–H groups in total. The fourth-order valence-corrected chi connectivity index (χ4v) is 1.31. The quantitative estimate of drug-likeness (QED) is 0.558. The van der Waals surface area contributed by atoms with Gasteiger partial charge in [0.05, 0.1) is 6.61 Å². The zero-order valence-corrected chi connectivity index (χ0v) is 7.20. The standard InChI is InChI=1S/C7H12BFO3/c1-10-3-4-5(9)6(11-2)7(8)12-4/h4-7H,3H2,1-2H3/t4-,5?,6+,7-/m1/s1. The normalized spacial score (nSPS) is 41.9. The van der Waals surface area contributed by atoms with Gasteiger partial charge in [-0.3, -0.25) is 0 Å². The molecule has 4 atom stereocenters. The molecular weight excluding hydrogens is 162 g/mol. The third-order valence-electron chi connectivity index (χ3n) is 1.93. The predicted molar refractivity (Wildman–Crippen MR) is 42.0 cm³/mol. The van der Waals surface area contributed by atoms with E-state index in [-0.39, 0.29) is 6.61 Å². The van der Waals surface area contributed by atoms with Crippen molar-refractivity contribution in [3.05, 3.63) is 0 Å². The fraction of sp³-hybridized carbons (Fsp3) is 1.00. The molecule has 5 heteroatoms. The highest BCUT2D eigenvalue weighted by atomic mass is 19.1. The van der Waals surface area contributed by atoms with Gasteiger partial charge >= 0.3 is 0 Å². The van der Waals surface area contributed by atoms with Crippen molar-refractivity contribution in [2.45, 2.75) is 24.4 Å². The third kappa shape index (κ3) is 1.78. The van der Waals surface area contributed by atoms with Crippen molar-refractivity contribution in [1.82, 2.24) is 0 Å². The van der Waals surface area contributed by atoms with E-state index >= 15 is 0 Å². The van der Waals surface area contributed by atoms with E-state index in [1.54, 1.807) is 0 Å². The number of methoxy groups -OCH3 is 2. The highest BCUT2D eigenvalue weighted by molar-refractivity contribution is 6.11. The molecule has 3 nitrogen and oxygen atoms in total. The van der Waals surface area contributed by atoms with Crippen LogP contribution in [0.15, 0.2) is 0 Å². The van der Waals surface area contributed by atoms with Gasteiger partial charge in [0.15, 0.2) is 6.17 Å². The molecule has 1 saturated heterocycles. The first-order valence-corrected chi connectivity index (χ1v) is 3.77. The summed E-state index contributed by atoms with van der Waals surface area (Å²) in [5.41, 5.74) is 0. The van der Waals surface area contributed by atoms with Crippen molar-refractivity contribution in [1.29, 1.82) is 0 Å². The Morgan fingerprint density at radius 2 is 2.17 bits per heavy atom. The zero-order valence-electron chi connectivity index (χ0n) is 7.20. The van der Waals surface area contributed by atoms with Crippen LogP contribution in [0.2, 0.25) is 0 Å². The molecule has 1 unspecified atom stereocenters. The van der Waals surface area contributed by atoms with Crippen LogP contribution in [0, 0.1) is 0 Å². The number of ether oxygens (including phenoxy) is 3. The number of rotatable bonds is 3. The lowest BCUT2D eigenvalue weighted by Crippen LogP contribution is -2.32. The zero-order chi connectivity index (χ0) is 9.14. The van der Waals surface area contributed by atoms with Gasteiger partial charge in [-0.15, -0.1) is 0 Å². The molecule has 0 aromatic carbocycles. The molecule has 1 heterocycles. The van der Waals surface area contributed by atoms with Crippen LogP contribution in [-0.2, 0) is 14.2 Å². The highest BCUT2D eigenvalue weighted by Gasteiger charge is 2.42. The molecule has 0 saturated carbocycles. The van der Waals surface area contributed by atoms with Crippen molar-refractivity contribution in [2.75, 3.05) is 20.8 Å². The van der Waals surface area contributed by atoms with E-state index in [2.05, 4.69) is 0 Å². The predicted octanol–water partition coefficient (Wildman–Crippen LogP) is -0.121. The molecule has 12 heavy (non-hydrogen) atoms. The minimum absolute atomic E-state index is 0.203. The van der Waals surface area contributed by atoms with Crippen molar-refractivity contribution < 1.29 is 18.6 Å². The molecule has 0 spiro atoms. The van der Waals surface area contributed by atoms with Crippen LogP contribution in [0.5, 0.6) is 0 Å². The Bertz CT molecular complexity index is 147. The topological polar surface area (TPSA) is 27.7 Å². The van der Waals surface area contributed by atoms with Crippen molar-refractivity contribution in [3.63, 3.8) is 0 Å². The molecule has 0 aliphatic carbocycles. The van der Waals surface area contributed by atoms with Crippen LogP contribution in [0.1, 0.15) is 0 Å². The van der Waals surface area contributed by atoms with E-state index in [0.717, 1.165) is 0 Å². The summed E-state index contributed by atoms with van der Waals surface area (Å²) in [6.45, 7) is 0.203. The van der Waals surface area contributed by atoms with Gasteiger partial charge in [-0.1, -0.05) is 0 Å². The van der Waals surface area contributed by atoms with Gasteiger partial charge in [-0.25, -0.2) is 4.39 Å². The Morgan fingerprint density at radius 1 is 1.50 bits per heavy atom. The lowest BCUT2D eigenvalue weighted by molar-refractivity contribution is 0.00253. The molecule has 1 rings (SSSR count). The molecular formula is C7H12BFO3. The van der Waals surface area contributed by atoms with E-state index in [0.29, 0.717) is 0 Å². The van der Waals surface area contributed by atoms with Crippen LogP contribution in [0.3, 0.4) is 0 Å². The average molecular weight is 174 g/mol. The van der Waals surface area contributed by atoms with E-state index in [9.17, 15) is 4.39 Å². The first-order valence-electron chi connectivity index (χ1n) is 3.77. The van der Waals surface area contributed by atoms with Gasteiger partial charge in [0, 0.05) is 20.2 Å². The molecule has 0 bridgehead atoms. The molecule has 0 aromatic rings. The molecule has 1 aliphatic heterocycles. The van der Waals surface area contributed by atoms with Gasteiger partial charge in [-0.2, -0.15) is 0 Å². The van der Waals surface area contributed by atoms with Crippen molar-refractivity contribution in [2.24, 2.45) is 0 Å². The summed E-state index contributed by atoms with van der Waals surface area (Å²) in [7, 11) is 8.36. The van der Waals surface area contributed by atoms with Gasteiger partial charge in [0.1, 0.15) is 20.1 Å². The number of halogens is 1. The molecule has 1 fully saturated rings. The first kappa shape index (κ1) is 9.96. The van der Waals surface area contributed by atoms with E-state index in [4.69, 9.17) is 22.1 Å². The maximum Gasteiger partial charge on any atom is 0.156 e. The number of hydrogen-bond donors (Lipinski definition) is 0. The summed E-state index contributed by atoms with van der Waals surface area (Å²) < 4.78 is 27.9. The van der Waals surface area contributed by atoms with Crippen LogP contribution in [0.4, 0.5) is 4.39 Å². The Labute approximate surface area is 72.6 Å². The van der Waals surface area contributed by atoms with E-state index < -0.39 is 24.4 Å². The average Bonchev–Trinajstić information content (AvgIpc) is 2.29. The first-order chi connectivity index (χ1) is 5.70. The SMILES string of the molecule is [B][C@@H]1O[C@H](COC)C(F)[C@@H]1OC. The molecule has 68 valence electrons. The third-order valence-corrected chi connectivity index (χ3v) is 1.93. The lowest BCUT2D eigenvalue weighted by atomic mass is 9.93. The van der Waals surface area contributed by atoms with Crippen LogP contribution in [-0.4, -0.2) is 53.1 Å². The molecule has 0 amide bonds. The molecule has 1 aliphatic rings. The second kappa shape index (κ2) is 4.21. The van der Waals surface area contributed by atoms with Crippen LogP contribution < -0.4 is 0 Å². The second-order valence-electron chi connectivity index (χ2n) is 2.74. The summed E-state index contributed by atoms with van der Waals surface area (Å²) in [5.74, 6) is 0. The van der Waals surface area contributed by atoms with Gasteiger partial charge in [0.25, 0.3) is 0 Å². The Kier molecular flexibility index (Phi) is 3.49. The minimum Gasteiger partial charge on any atom is -0.382 e. The Balaban J connectivity index is 2.49. The van der Waals surface area contributed by atoms with Gasteiger partial charge in [0.2, 0.25) is 0 Å². The summed E-state index contributed by atoms with van der Waals surface area (Å²) in [6, 6.07) is -0.690. The smallest absolute Gasteiger partial charge is 0.156 e. The number of hydrogen-bond acceptors (Lipinski definition) is 3. The van der Waals surface area contributed by atoms with Crippen molar-refractivity contribution >= 4 is 7.85 Å². The summed E-state index contributed by atoms with van der Waals surface area (Å²) >= 11 is 0. The van der Waals surface area contributed by atoms with E-state index in [1.807, 2.05) is 0 Å². The summed E-state index contributed by atoms with van der Waals surface area (Å²) in [4.78, 5) is 0.